The Morgan fingerprint density at radius 2 is 2.26 bits per heavy atom. The number of esters is 1. The maximum atomic E-state index is 11.2. The predicted octanol–water partition coefficient (Wildman–Crippen LogP) is 1.07. The molecule has 5 nitrogen and oxygen atoms in total. The first-order valence-corrected chi connectivity index (χ1v) is 6.56. The summed E-state index contributed by atoms with van der Waals surface area (Å²) < 4.78 is 4.82. The zero-order chi connectivity index (χ0) is 13.5. The smallest absolute Gasteiger partial charge is 0.330 e. The van der Waals surface area contributed by atoms with E-state index >= 15 is 0 Å². The Balaban J connectivity index is 1.96. The van der Waals surface area contributed by atoms with Crippen molar-refractivity contribution >= 4 is 17.9 Å². The van der Waals surface area contributed by atoms with E-state index < -0.39 is 0 Å². The third-order valence-corrected chi connectivity index (χ3v) is 2.91. The number of rotatable bonds is 4. The molecule has 1 aliphatic heterocycles. The van der Waals surface area contributed by atoms with Crippen LogP contribution >= 0.6 is 0 Å². The van der Waals surface area contributed by atoms with Crippen molar-refractivity contribution in [3.63, 3.8) is 0 Å². The van der Waals surface area contributed by atoms with Gasteiger partial charge in [0.1, 0.15) is 5.82 Å². The van der Waals surface area contributed by atoms with Crippen molar-refractivity contribution in [2.45, 2.75) is 6.92 Å². The minimum Gasteiger partial charge on any atom is -0.463 e. The number of piperazine rings is 1. The number of hydrogen-bond acceptors (Lipinski definition) is 5. The molecular weight excluding hydrogens is 242 g/mol. The minimum absolute atomic E-state index is 0.325. The molecule has 1 saturated heterocycles. The van der Waals surface area contributed by atoms with Crippen molar-refractivity contribution in [3.05, 3.63) is 30.0 Å². The fraction of sp³-hybridized carbons (Fsp3) is 0.429. The van der Waals surface area contributed by atoms with Crippen molar-refractivity contribution < 1.29 is 9.53 Å². The second-order valence-corrected chi connectivity index (χ2v) is 4.27. The number of ether oxygens (including phenoxy) is 1. The highest BCUT2D eigenvalue weighted by Crippen LogP contribution is 2.12. The van der Waals surface area contributed by atoms with Gasteiger partial charge < -0.3 is 15.0 Å². The normalized spacial score (nSPS) is 15.7. The van der Waals surface area contributed by atoms with Gasteiger partial charge in [-0.3, -0.25) is 0 Å². The van der Waals surface area contributed by atoms with Gasteiger partial charge >= 0.3 is 5.97 Å². The van der Waals surface area contributed by atoms with Gasteiger partial charge in [0.15, 0.2) is 0 Å². The third kappa shape index (κ3) is 4.06. The Kier molecular flexibility index (Phi) is 4.92. The molecule has 1 aliphatic rings. The van der Waals surface area contributed by atoms with Gasteiger partial charge in [0, 0.05) is 38.5 Å². The Morgan fingerprint density at radius 3 is 2.89 bits per heavy atom. The second-order valence-electron chi connectivity index (χ2n) is 4.27. The van der Waals surface area contributed by atoms with Crippen LogP contribution in [0, 0.1) is 0 Å². The summed E-state index contributed by atoms with van der Waals surface area (Å²) in [6, 6.07) is 3.94. The molecule has 1 N–H and O–H groups in total. The van der Waals surface area contributed by atoms with Crippen LogP contribution in [0.4, 0.5) is 5.82 Å². The van der Waals surface area contributed by atoms with Crippen molar-refractivity contribution in [2.24, 2.45) is 0 Å². The van der Waals surface area contributed by atoms with E-state index in [0.29, 0.717) is 6.61 Å². The number of pyridine rings is 1. The van der Waals surface area contributed by atoms with Gasteiger partial charge in [-0.25, -0.2) is 9.78 Å². The number of nitrogens with zero attached hydrogens (tertiary/aromatic N) is 2. The molecule has 2 heterocycles. The van der Waals surface area contributed by atoms with E-state index in [1.165, 1.54) is 6.08 Å². The summed E-state index contributed by atoms with van der Waals surface area (Å²) in [5.74, 6) is 0.656. The van der Waals surface area contributed by atoms with Gasteiger partial charge in [0.2, 0.25) is 0 Å². The summed E-state index contributed by atoms with van der Waals surface area (Å²) in [4.78, 5) is 17.9. The monoisotopic (exact) mass is 261 g/mol. The molecule has 1 fully saturated rings. The topological polar surface area (TPSA) is 54.5 Å². The Hall–Kier alpha value is -1.88. The lowest BCUT2D eigenvalue weighted by Gasteiger charge is -2.28. The van der Waals surface area contributed by atoms with Gasteiger partial charge in [-0.1, -0.05) is 0 Å². The number of hydrogen-bond donors (Lipinski definition) is 1. The van der Waals surface area contributed by atoms with Crippen molar-refractivity contribution in [3.8, 4) is 0 Å². The quantitative estimate of drug-likeness (QED) is 0.649. The Labute approximate surface area is 113 Å². The van der Waals surface area contributed by atoms with Gasteiger partial charge in [0.25, 0.3) is 0 Å². The summed E-state index contributed by atoms with van der Waals surface area (Å²) in [6.45, 7) is 6.12. The van der Waals surface area contributed by atoms with Crippen LogP contribution in [0.15, 0.2) is 24.4 Å². The van der Waals surface area contributed by atoms with Crippen LogP contribution < -0.4 is 10.2 Å². The lowest BCUT2D eigenvalue weighted by molar-refractivity contribution is -0.137. The Bertz CT molecular complexity index is 437. The minimum atomic E-state index is -0.325. The molecule has 0 amide bonds. The van der Waals surface area contributed by atoms with E-state index in [2.05, 4.69) is 15.2 Å². The molecule has 0 aromatic carbocycles. The highest BCUT2D eigenvalue weighted by molar-refractivity contribution is 5.86. The van der Waals surface area contributed by atoms with Crippen LogP contribution in [-0.4, -0.2) is 43.7 Å². The summed E-state index contributed by atoms with van der Waals surface area (Å²) in [6.07, 6.45) is 4.91. The molecule has 0 atom stereocenters. The van der Waals surface area contributed by atoms with Crippen molar-refractivity contribution in [1.82, 2.24) is 10.3 Å². The Morgan fingerprint density at radius 1 is 1.47 bits per heavy atom. The van der Waals surface area contributed by atoms with Gasteiger partial charge in [-0.15, -0.1) is 0 Å². The molecule has 0 aliphatic carbocycles. The molecule has 0 bridgehead atoms. The molecule has 0 saturated carbocycles. The first kappa shape index (κ1) is 13.5. The number of carbonyl (C=O) groups excluding carboxylic acids is 1. The fourth-order valence-electron chi connectivity index (χ4n) is 1.93. The van der Waals surface area contributed by atoms with E-state index in [4.69, 9.17) is 4.74 Å². The molecule has 19 heavy (non-hydrogen) atoms. The van der Waals surface area contributed by atoms with Crippen molar-refractivity contribution in [1.29, 1.82) is 0 Å². The van der Waals surface area contributed by atoms with Crippen LogP contribution in [0.2, 0.25) is 0 Å². The summed E-state index contributed by atoms with van der Waals surface area (Å²) in [7, 11) is 0. The van der Waals surface area contributed by atoms with E-state index in [9.17, 15) is 4.79 Å². The fourth-order valence-corrected chi connectivity index (χ4v) is 1.93. The van der Waals surface area contributed by atoms with E-state index in [1.54, 1.807) is 19.2 Å². The maximum Gasteiger partial charge on any atom is 0.330 e. The lowest BCUT2D eigenvalue weighted by atomic mass is 10.2. The summed E-state index contributed by atoms with van der Waals surface area (Å²) in [5, 5.41) is 3.31. The molecule has 2 rings (SSSR count). The summed E-state index contributed by atoms with van der Waals surface area (Å²) in [5.41, 5.74) is 0.895. The number of aromatic nitrogens is 1. The first-order valence-electron chi connectivity index (χ1n) is 6.56. The standard InChI is InChI=1S/C14H19N3O2/c1-2-19-14(18)6-4-12-3-5-13(16-11-12)17-9-7-15-8-10-17/h3-6,11,15H,2,7-10H2,1H3. The van der Waals surface area contributed by atoms with E-state index in [1.807, 2.05) is 12.1 Å². The molecule has 0 spiro atoms. The van der Waals surface area contributed by atoms with E-state index in [-0.39, 0.29) is 5.97 Å². The highest BCUT2D eigenvalue weighted by Gasteiger charge is 2.10. The predicted molar refractivity (Wildman–Crippen MR) is 75.0 cm³/mol. The van der Waals surface area contributed by atoms with Gasteiger partial charge in [-0.05, 0) is 30.7 Å². The molecule has 5 heteroatoms. The summed E-state index contributed by atoms with van der Waals surface area (Å²) >= 11 is 0. The molecular formula is C14H19N3O2. The third-order valence-electron chi connectivity index (χ3n) is 2.91. The molecule has 0 radical (unpaired) electrons. The number of nitrogens with one attached hydrogen (secondary N) is 1. The van der Waals surface area contributed by atoms with E-state index in [0.717, 1.165) is 37.6 Å². The number of anilines is 1. The van der Waals surface area contributed by atoms with Gasteiger partial charge in [-0.2, -0.15) is 0 Å². The molecule has 1 aromatic heterocycles. The number of carbonyl (C=O) groups is 1. The zero-order valence-corrected chi connectivity index (χ0v) is 11.1. The maximum absolute atomic E-state index is 11.2. The average molecular weight is 261 g/mol. The van der Waals surface area contributed by atoms with Gasteiger partial charge in [0.05, 0.1) is 6.61 Å². The molecule has 1 aromatic rings. The second kappa shape index (κ2) is 6.89. The van der Waals surface area contributed by atoms with Crippen LogP contribution in [0.25, 0.3) is 6.08 Å². The van der Waals surface area contributed by atoms with Crippen LogP contribution in [-0.2, 0) is 9.53 Å². The van der Waals surface area contributed by atoms with Crippen LogP contribution in [0.5, 0.6) is 0 Å². The SMILES string of the molecule is CCOC(=O)C=Cc1ccc(N2CCNCC2)nc1. The molecule has 0 unspecified atom stereocenters. The molecule has 102 valence electrons. The zero-order valence-electron chi connectivity index (χ0n) is 11.1. The van der Waals surface area contributed by atoms with Crippen LogP contribution in [0.3, 0.4) is 0 Å². The lowest BCUT2D eigenvalue weighted by Crippen LogP contribution is -2.43. The first-order chi connectivity index (χ1) is 9.29. The van der Waals surface area contributed by atoms with Crippen molar-refractivity contribution in [2.75, 3.05) is 37.7 Å². The average Bonchev–Trinajstić information content (AvgIpc) is 2.47. The van der Waals surface area contributed by atoms with Crippen LogP contribution in [0.1, 0.15) is 12.5 Å². The largest absolute Gasteiger partial charge is 0.463 e. The highest BCUT2D eigenvalue weighted by atomic mass is 16.5.